The largest absolute Gasteiger partial charge is 0.493 e. The molecule has 20 heavy (non-hydrogen) atoms. The molecule has 2 bridgehead atoms. The summed E-state index contributed by atoms with van der Waals surface area (Å²) in [5.74, 6) is 3.78. The monoisotopic (exact) mass is 273 g/mol. The molecule has 2 saturated carbocycles. The fraction of sp³-hybridized carbons (Fsp3) is 0.667. The highest BCUT2D eigenvalue weighted by atomic mass is 16.5. The number of fused-ring (bicyclic) bond motifs is 2. The van der Waals surface area contributed by atoms with Crippen molar-refractivity contribution in [2.45, 2.75) is 51.5 Å². The van der Waals surface area contributed by atoms with Crippen LogP contribution in [0.3, 0.4) is 0 Å². The summed E-state index contributed by atoms with van der Waals surface area (Å²) in [6, 6.07) is 8.65. The van der Waals surface area contributed by atoms with E-state index in [1.165, 1.54) is 31.2 Å². The second-order valence-electron chi connectivity index (χ2n) is 6.73. The maximum Gasteiger partial charge on any atom is 0.122 e. The van der Waals surface area contributed by atoms with Crippen molar-refractivity contribution in [3.63, 3.8) is 0 Å². The summed E-state index contributed by atoms with van der Waals surface area (Å²) < 4.78 is 6.16. The molecule has 0 radical (unpaired) electrons. The lowest BCUT2D eigenvalue weighted by Crippen LogP contribution is -2.22. The predicted molar refractivity (Wildman–Crippen MR) is 82.8 cm³/mol. The van der Waals surface area contributed by atoms with Crippen LogP contribution in [0.15, 0.2) is 24.3 Å². The van der Waals surface area contributed by atoms with Gasteiger partial charge in [-0.15, -0.1) is 0 Å². The molecule has 0 spiro atoms. The highest BCUT2D eigenvalue weighted by Crippen LogP contribution is 2.48. The standard InChI is InChI=1S/C18H27NO/c1-2-17(19)11-15-5-3-4-6-18(15)20-12-16-10-13-7-8-14(16)9-13/h3-6,13-14,16-17H,2,7-12,19H2,1H3. The van der Waals surface area contributed by atoms with Crippen molar-refractivity contribution in [3.05, 3.63) is 29.8 Å². The summed E-state index contributed by atoms with van der Waals surface area (Å²) in [5, 5.41) is 0. The van der Waals surface area contributed by atoms with Gasteiger partial charge in [0, 0.05) is 6.04 Å². The average molecular weight is 273 g/mol. The Kier molecular flexibility index (Phi) is 4.30. The average Bonchev–Trinajstić information content (AvgIpc) is 3.08. The van der Waals surface area contributed by atoms with E-state index < -0.39 is 0 Å². The zero-order valence-electron chi connectivity index (χ0n) is 12.6. The van der Waals surface area contributed by atoms with E-state index in [2.05, 4.69) is 31.2 Å². The Balaban J connectivity index is 1.59. The highest BCUT2D eigenvalue weighted by Gasteiger charge is 2.39. The van der Waals surface area contributed by atoms with Gasteiger partial charge in [-0.25, -0.2) is 0 Å². The van der Waals surface area contributed by atoms with Crippen molar-refractivity contribution < 1.29 is 4.74 Å². The van der Waals surface area contributed by atoms with Crippen molar-refractivity contribution in [1.82, 2.24) is 0 Å². The molecular weight excluding hydrogens is 246 g/mol. The van der Waals surface area contributed by atoms with Crippen molar-refractivity contribution in [1.29, 1.82) is 0 Å². The van der Waals surface area contributed by atoms with Crippen LogP contribution >= 0.6 is 0 Å². The molecule has 0 aliphatic heterocycles. The number of ether oxygens (including phenoxy) is 1. The molecule has 0 aromatic heterocycles. The molecule has 0 amide bonds. The fourth-order valence-corrected chi connectivity index (χ4v) is 4.02. The summed E-state index contributed by atoms with van der Waals surface area (Å²) in [5.41, 5.74) is 7.35. The van der Waals surface area contributed by atoms with Crippen LogP contribution in [0.5, 0.6) is 5.75 Å². The number of rotatable bonds is 6. The molecule has 1 aromatic rings. The van der Waals surface area contributed by atoms with Gasteiger partial charge in [-0.1, -0.05) is 31.5 Å². The quantitative estimate of drug-likeness (QED) is 0.856. The first-order valence-electron chi connectivity index (χ1n) is 8.22. The first-order valence-corrected chi connectivity index (χ1v) is 8.22. The Morgan fingerprint density at radius 2 is 2.10 bits per heavy atom. The first-order chi connectivity index (χ1) is 9.76. The van der Waals surface area contributed by atoms with E-state index in [4.69, 9.17) is 10.5 Å². The lowest BCUT2D eigenvalue weighted by atomic mass is 9.89. The third-order valence-corrected chi connectivity index (χ3v) is 5.32. The molecule has 0 saturated heterocycles. The van der Waals surface area contributed by atoms with E-state index in [0.29, 0.717) is 0 Å². The van der Waals surface area contributed by atoms with E-state index in [1.54, 1.807) is 0 Å². The van der Waals surface area contributed by atoms with Gasteiger partial charge in [0.05, 0.1) is 6.61 Å². The molecule has 1 aromatic carbocycles. The molecule has 110 valence electrons. The SMILES string of the molecule is CCC(N)Cc1ccccc1OCC1CC2CCC1C2. The van der Waals surface area contributed by atoms with Crippen LogP contribution in [0.25, 0.3) is 0 Å². The molecule has 3 rings (SSSR count). The minimum atomic E-state index is 0.238. The number of benzene rings is 1. The van der Waals surface area contributed by atoms with Gasteiger partial charge >= 0.3 is 0 Å². The zero-order valence-corrected chi connectivity index (χ0v) is 12.6. The third-order valence-electron chi connectivity index (χ3n) is 5.32. The topological polar surface area (TPSA) is 35.2 Å². The Morgan fingerprint density at radius 1 is 1.25 bits per heavy atom. The number of para-hydroxylation sites is 1. The molecule has 4 unspecified atom stereocenters. The maximum absolute atomic E-state index is 6.16. The van der Waals surface area contributed by atoms with E-state index in [0.717, 1.165) is 43.0 Å². The van der Waals surface area contributed by atoms with E-state index in [1.807, 2.05) is 0 Å². The molecule has 2 N–H and O–H groups in total. The smallest absolute Gasteiger partial charge is 0.122 e. The van der Waals surface area contributed by atoms with Gasteiger partial charge in [0.2, 0.25) is 0 Å². The van der Waals surface area contributed by atoms with Gasteiger partial charge in [-0.05, 0) is 61.5 Å². The highest BCUT2D eigenvalue weighted by molar-refractivity contribution is 5.34. The maximum atomic E-state index is 6.16. The summed E-state index contributed by atoms with van der Waals surface area (Å²) in [4.78, 5) is 0. The number of nitrogens with two attached hydrogens (primary N) is 1. The van der Waals surface area contributed by atoms with Crippen LogP contribution < -0.4 is 10.5 Å². The van der Waals surface area contributed by atoms with Crippen molar-refractivity contribution in [2.75, 3.05) is 6.61 Å². The molecular formula is C18H27NO. The molecule has 4 atom stereocenters. The lowest BCUT2D eigenvalue weighted by Gasteiger charge is -2.23. The minimum Gasteiger partial charge on any atom is -0.493 e. The van der Waals surface area contributed by atoms with Gasteiger partial charge in [0.25, 0.3) is 0 Å². The fourth-order valence-electron chi connectivity index (χ4n) is 4.02. The molecule has 2 heteroatoms. The summed E-state index contributed by atoms with van der Waals surface area (Å²) in [6.07, 6.45) is 7.67. The van der Waals surface area contributed by atoms with E-state index in [-0.39, 0.29) is 6.04 Å². The van der Waals surface area contributed by atoms with Crippen LogP contribution in [0.4, 0.5) is 0 Å². The Bertz CT molecular complexity index is 445. The molecule has 2 fully saturated rings. The Labute approximate surface area is 122 Å². The van der Waals surface area contributed by atoms with Crippen LogP contribution in [-0.4, -0.2) is 12.6 Å². The van der Waals surface area contributed by atoms with E-state index >= 15 is 0 Å². The van der Waals surface area contributed by atoms with Crippen LogP contribution in [0.2, 0.25) is 0 Å². The van der Waals surface area contributed by atoms with E-state index in [9.17, 15) is 0 Å². The second kappa shape index (κ2) is 6.17. The minimum absolute atomic E-state index is 0.238. The van der Waals surface area contributed by atoms with Crippen molar-refractivity contribution in [3.8, 4) is 5.75 Å². The normalized spacial score (nSPS) is 29.6. The van der Waals surface area contributed by atoms with Gasteiger partial charge in [0.1, 0.15) is 5.75 Å². The summed E-state index contributed by atoms with van der Waals surface area (Å²) >= 11 is 0. The van der Waals surface area contributed by atoms with Crippen LogP contribution in [0, 0.1) is 17.8 Å². The Morgan fingerprint density at radius 3 is 2.80 bits per heavy atom. The van der Waals surface area contributed by atoms with Crippen molar-refractivity contribution in [2.24, 2.45) is 23.5 Å². The molecule has 2 nitrogen and oxygen atoms in total. The predicted octanol–water partition coefficient (Wildman–Crippen LogP) is 3.78. The van der Waals surface area contributed by atoms with Gasteiger partial charge < -0.3 is 10.5 Å². The lowest BCUT2D eigenvalue weighted by molar-refractivity contribution is 0.194. The summed E-state index contributed by atoms with van der Waals surface area (Å²) in [6.45, 7) is 3.04. The van der Waals surface area contributed by atoms with Crippen LogP contribution in [-0.2, 0) is 6.42 Å². The van der Waals surface area contributed by atoms with Gasteiger partial charge in [-0.2, -0.15) is 0 Å². The Hall–Kier alpha value is -1.02. The van der Waals surface area contributed by atoms with Crippen molar-refractivity contribution >= 4 is 0 Å². The second-order valence-corrected chi connectivity index (χ2v) is 6.73. The third kappa shape index (κ3) is 3.01. The number of hydrogen-bond acceptors (Lipinski definition) is 2. The molecule has 2 aliphatic carbocycles. The number of hydrogen-bond donors (Lipinski definition) is 1. The molecule has 2 aliphatic rings. The van der Waals surface area contributed by atoms with Gasteiger partial charge in [0.15, 0.2) is 0 Å². The zero-order chi connectivity index (χ0) is 13.9. The first kappa shape index (κ1) is 13.9. The molecule has 0 heterocycles. The summed E-state index contributed by atoms with van der Waals surface area (Å²) in [7, 11) is 0. The van der Waals surface area contributed by atoms with Crippen LogP contribution in [0.1, 0.15) is 44.6 Å². The van der Waals surface area contributed by atoms with Gasteiger partial charge in [-0.3, -0.25) is 0 Å².